The number of carbonyl (C=O) groups is 1. The lowest BCUT2D eigenvalue weighted by Gasteiger charge is -2.01. The van der Waals surface area contributed by atoms with Gasteiger partial charge in [0, 0.05) is 20.1 Å². The summed E-state index contributed by atoms with van der Waals surface area (Å²) in [6, 6.07) is 8.18. The predicted octanol–water partition coefficient (Wildman–Crippen LogP) is 2.01. The highest BCUT2D eigenvalue weighted by Crippen LogP contribution is 2.06. The molecule has 1 aromatic rings. The minimum atomic E-state index is 0.512. The van der Waals surface area contributed by atoms with Gasteiger partial charge in [-0.1, -0.05) is 24.3 Å². The first-order valence-electron chi connectivity index (χ1n) is 4.87. The van der Waals surface area contributed by atoms with Crippen molar-refractivity contribution in [2.24, 2.45) is 0 Å². The Bertz CT molecular complexity index is 264. The molecule has 2 nitrogen and oxygen atoms in total. The monoisotopic (exact) mass is 192 g/mol. The van der Waals surface area contributed by atoms with Crippen LogP contribution in [-0.2, 0) is 22.4 Å². The summed E-state index contributed by atoms with van der Waals surface area (Å²) in [5.74, 6) is 0. The zero-order valence-corrected chi connectivity index (χ0v) is 8.53. The molecular formula is C12H16O2. The summed E-state index contributed by atoms with van der Waals surface area (Å²) in [6.45, 7) is 0.802. The van der Waals surface area contributed by atoms with E-state index in [-0.39, 0.29) is 0 Å². The molecule has 0 atom stereocenters. The van der Waals surface area contributed by atoms with Crippen molar-refractivity contribution in [1.82, 2.24) is 0 Å². The lowest BCUT2D eigenvalue weighted by Crippen LogP contribution is -1.93. The molecule has 2 heteroatoms. The van der Waals surface area contributed by atoms with Crippen molar-refractivity contribution in [2.75, 3.05) is 13.7 Å². The lowest BCUT2D eigenvalue weighted by atomic mass is 10.1. The van der Waals surface area contributed by atoms with Gasteiger partial charge in [0.05, 0.1) is 0 Å². The molecule has 0 aliphatic heterocycles. The second-order valence-corrected chi connectivity index (χ2v) is 3.28. The Kier molecular flexibility index (Phi) is 4.94. The maximum absolute atomic E-state index is 10.3. The van der Waals surface area contributed by atoms with Crippen LogP contribution < -0.4 is 0 Å². The van der Waals surface area contributed by atoms with E-state index in [1.807, 2.05) is 12.1 Å². The summed E-state index contributed by atoms with van der Waals surface area (Å²) >= 11 is 0. The van der Waals surface area contributed by atoms with Gasteiger partial charge in [-0.05, 0) is 24.0 Å². The fourth-order valence-corrected chi connectivity index (χ4v) is 1.36. The first-order valence-corrected chi connectivity index (χ1v) is 4.87. The molecular weight excluding hydrogens is 176 g/mol. The molecule has 0 heterocycles. The van der Waals surface area contributed by atoms with E-state index in [2.05, 4.69) is 12.1 Å². The van der Waals surface area contributed by atoms with Crippen LogP contribution >= 0.6 is 0 Å². The number of ether oxygens (including phenoxy) is 1. The first kappa shape index (κ1) is 10.9. The number of aryl methyl sites for hydroxylation is 1. The molecule has 0 N–H and O–H groups in total. The summed E-state index contributed by atoms with van der Waals surface area (Å²) in [5.41, 5.74) is 2.38. The number of hydrogen-bond donors (Lipinski definition) is 0. The van der Waals surface area contributed by atoms with Crippen molar-refractivity contribution in [3.63, 3.8) is 0 Å². The molecule has 0 aromatic heterocycles. The van der Waals surface area contributed by atoms with E-state index in [9.17, 15) is 4.79 Å². The Labute approximate surface area is 84.9 Å². The highest BCUT2D eigenvalue weighted by Gasteiger charge is 1.94. The van der Waals surface area contributed by atoms with E-state index in [1.165, 1.54) is 5.56 Å². The van der Waals surface area contributed by atoms with Gasteiger partial charge < -0.3 is 9.53 Å². The van der Waals surface area contributed by atoms with Crippen molar-refractivity contribution in [2.45, 2.75) is 19.3 Å². The van der Waals surface area contributed by atoms with Crippen LogP contribution in [0.5, 0.6) is 0 Å². The molecule has 0 aliphatic carbocycles. The summed E-state index contributed by atoms with van der Waals surface area (Å²) in [6.07, 6.45) is 3.52. The van der Waals surface area contributed by atoms with Gasteiger partial charge in [0.2, 0.25) is 0 Å². The molecule has 1 rings (SSSR count). The standard InChI is InChI=1S/C12H16O2/c1-14-10-2-3-11-4-6-12(7-5-11)8-9-13/h4-7,9H,2-3,8,10H2,1H3. The van der Waals surface area contributed by atoms with Gasteiger partial charge in [-0.2, -0.15) is 0 Å². The molecule has 0 saturated heterocycles. The van der Waals surface area contributed by atoms with E-state index >= 15 is 0 Å². The second-order valence-electron chi connectivity index (χ2n) is 3.28. The Morgan fingerprint density at radius 1 is 1.21 bits per heavy atom. The van der Waals surface area contributed by atoms with E-state index in [1.54, 1.807) is 7.11 Å². The SMILES string of the molecule is COCCCc1ccc(CC=O)cc1. The third-order valence-corrected chi connectivity index (χ3v) is 2.16. The molecule has 1 aromatic carbocycles. The van der Waals surface area contributed by atoms with Gasteiger partial charge in [0.1, 0.15) is 6.29 Å². The fraction of sp³-hybridized carbons (Fsp3) is 0.417. The number of methoxy groups -OCH3 is 1. The Hall–Kier alpha value is -1.15. The quantitative estimate of drug-likeness (QED) is 0.509. The van der Waals surface area contributed by atoms with Gasteiger partial charge in [0.15, 0.2) is 0 Å². The van der Waals surface area contributed by atoms with E-state index in [0.717, 1.165) is 31.3 Å². The van der Waals surface area contributed by atoms with Gasteiger partial charge in [-0.3, -0.25) is 0 Å². The van der Waals surface area contributed by atoms with Crippen LogP contribution in [0.4, 0.5) is 0 Å². The van der Waals surface area contributed by atoms with Crippen molar-refractivity contribution in [3.8, 4) is 0 Å². The second kappa shape index (κ2) is 6.33. The molecule has 0 aliphatic rings. The highest BCUT2D eigenvalue weighted by atomic mass is 16.5. The molecule has 0 unspecified atom stereocenters. The molecule has 0 saturated carbocycles. The molecule has 0 bridgehead atoms. The van der Waals surface area contributed by atoms with Crippen LogP contribution in [0, 0.1) is 0 Å². The lowest BCUT2D eigenvalue weighted by molar-refractivity contribution is -0.107. The van der Waals surface area contributed by atoms with Crippen LogP contribution in [0.25, 0.3) is 0 Å². The van der Waals surface area contributed by atoms with Crippen molar-refractivity contribution >= 4 is 6.29 Å². The van der Waals surface area contributed by atoms with Crippen LogP contribution in [-0.4, -0.2) is 20.0 Å². The first-order chi connectivity index (χ1) is 6.86. The number of benzene rings is 1. The Balaban J connectivity index is 2.42. The fourth-order valence-electron chi connectivity index (χ4n) is 1.36. The van der Waals surface area contributed by atoms with Crippen LogP contribution in [0.15, 0.2) is 24.3 Å². The van der Waals surface area contributed by atoms with Gasteiger partial charge in [-0.15, -0.1) is 0 Å². The van der Waals surface area contributed by atoms with Gasteiger partial charge >= 0.3 is 0 Å². The van der Waals surface area contributed by atoms with Gasteiger partial charge in [-0.25, -0.2) is 0 Å². The largest absolute Gasteiger partial charge is 0.385 e. The highest BCUT2D eigenvalue weighted by molar-refractivity contribution is 5.54. The number of rotatable bonds is 6. The maximum Gasteiger partial charge on any atom is 0.124 e. The topological polar surface area (TPSA) is 26.3 Å². The Morgan fingerprint density at radius 2 is 1.86 bits per heavy atom. The summed E-state index contributed by atoms with van der Waals surface area (Å²) in [7, 11) is 1.72. The van der Waals surface area contributed by atoms with Crippen molar-refractivity contribution in [1.29, 1.82) is 0 Å². The van der Waals surface area contributed by atoms with E-state index < -0.39 is 0 Å². The minimum absolute atomic E-state index is 0.512. The van der Waals surface area contributed by atoms with E-state index in [4.69, 9.17) is 4.74 Å². The molecule has 0 spiro atoms. The maximum atomic E-state index is 10.3. The van der Waals surface area contributed by atoms with Crippen LogP contribution in [0.2, 0.25) is 0 Å². The third kappa shape index (κ3) is 3.71. The molecule has 0 fully saturated rings. The van der Waals surface area contributed by atoms with Crippen LogP contribution in [0.1, 0.15) is 17.5 Å². The zero-order valence-electron chi connectivity index (χ0n) is 8.53. The Morgan fingerprint density at radius 3 is 2.43 bits per heavy atom. The molecule has 76 valence electrons. The zero-order chi connectivity index (χ0) is 10.2. The number of aldehydes is 1. The summed E-state index contributed by atoms with van der Waals surface area (Å²) in [4.78, 5) is 10.3. The van der Waals surface area contributed by atoms with Crippen LogP contribution in [0.3, 0.4) is 0 Å². The average Bonchev–Trinajstić information content (AvgIpc) is 2.21. The summed E-state index contributed by atoms with van der Waals surface area (Å²) < 4.78 is 4.98. The normalized spacial score (nSPS) is 10.1. The summed E-state index contributed by atoms with van der Waals surface area (Å²) in [5, 5.41) is 0. The van der Waals surface area contributed by atoms with Gasteiger partial charge in [0.25, 0.3) is 0 Å². The third-order valence-electron chi connectivity index (χ3n) is 2.16. The smallest absolute Gasteiger partial charge is 0.124 e. The molecule has 0 amide bonds. The minimum Gasteiger partial charge on any atom is -0.385 e. The average molecular weight is 192 g/mol. The number of hydrogen-bond acceptors (Lipinski definition) is 2. The van der Waals surface area contributed by atoms with Crippen molar-refractivity contribution in [3.05, 3.63) is 35.4 Å². The molecule has 14 heavy (non-hydrogen) atoms. The van der Waals surface area contributed by atoms with E-state index in [0.29, 0.717) is 6.42 Å². The predicted molar refractivity (Wildman–Crippen MR) is 56.4 cm³/mol. The molecule has 0 radical (unpaired) electrons. The van der Waals surface area contributed by atoms with Crippen molar-refractivity contribution < 1.29 is 9.53 Å². The number of carbonyl (C=O) groups excluding carboxylic acids is 1.